The number of hydrogen-bond acceptors (Lipinski definition) is 5. The lowest BCUT2D eigenvalue weighted by atomic mass is 10.0. The van der Waals surface area contributed by atoms with Crippen LogP contribution in [-0.2, 0) is 14.3 Å². The Bertz CT molecular complexity index is 670. The Morgan fingerprint density at radius 2 is 1.96 bits per heavy atom. The second-order valence-electron chi connectivity index (χ2n) is 5.54. The molecule has 0 aliphatic rings. The SMILES string of the molecule is CC(C)[C@H](NC(=O)c1ccccc1Cl)C(=O)OCC(=O)NCCC#N. The van der Waals surface area contributed by atoms with Crippen LogP contribution >= 0.6 is 11.6 Å². The lowest BCUT2D eigenvalue weighted by Crippen LogP contribution is -2.46. The first kappa shape index (κ1) is 20.5. The number of halogens is 1. The van der Waals surface area contributed by atoms with Gasteiger partial charge in [-0.2, -0.15) is 5.26 Å². The molecule has 0 spiro atoms. The molecule has 0 aromatic heterocycles. The smallest absolute Gasteiger partial charge is 0.329 e. The van der Waals surface area contributed by atoms with Gasteiger partial charge in [-0.3, -0.25) is 9.59 Å². The van der Waals surface area contributed by atoms with Crippen LogP contribution in [0.4, 0.5) is 0 Å². The van der Waals surface area contributed by atoms with Gasteiger partial charge in [0, 0.05) is 6.54 Å². The minimum absolute atomic E-state index is 0.169. The maximum Gasteiger partial charge on any atom is 0.329 e. The molecule has 2 N–H and O–H groups in total. The number of ether oxygens (including phenoxy) is 1. The average molecular weight is 366 g/mol. The summed E-state index contributed by atoms with van der Waals surface area (Å²) in [5.74, 6) is -1.98. The van der Waals surface area contributed by atoms with Gasteiger partial charge in [0.05, 0.1) is 23.1 Å². The van der Waals surface area contributed by atoms with Crippen molar-refractivity contribution in [2.24, 2.45) is 5.92 Å². The largest absolute Gasteiger partial charge is 0.454 e. The Balaban J connectivity index is 2.63. The Labute approximate surface area is 151 Å². The zero-order valence-electron chi connectivity index (χ0n) is 14.0. The quantitative estimate of drug-likeness (QED) is 0.538. The molecule has 0 unspecified atom stereocenters. The van der Waals surface area contributed by atoms with Gasteiger partial charge in [-0.15, -0.1) is 0 Å². The van der Waals surface area contributed by atoms with Crippen LogP contribution in [0.2, 0.25) is 5.02 Å². The van der Waals surface area contributed by atoms with E-state index in [1.165, 1.54) is 0 Å². The summed E-state index contributed by atoms with van der Waals surface area (Å²) in [6.07, 6.45) is 0.169. The summed E-state index contributed by atoms with van der Waals surface area (Å²) >= 11 is 5.97. The summed E-state index contributed by atoms with van der Waals surface area (Å²) in [6.45, 7) is 3.19. The number of esters is 1. The summed E-state index contributed by atoms with van der Waals surface area (Å²) in [5.41, 5.74) is 0.247. The van der Waals surface area contributed by atoms with Crippen molar-refractivity contribution in [3.63, 3.8) is 0 Å². The van der Waals surface area contributed by atoms with Gasteiger partial charge in [0.2, 0.25) is 0 Å². The molecule has 8 heteroatoms. The fourth-order valence-electron chi connectivity index (χ4n) is 1.90. The molecule has 1 rings (SSSR count). The van der Waals surface area contributed by atoms with E-state index in [9.17, 15) is 14.4 Å². The molecule has 0 aliphatic carbocycles. The Morgan fingerprint density at radius 3 is 2.56 bits per heavy atom. The summed E-state index contributed by atoms with van der Waals surface area (Å²) in [4.78, 5) is 36.0. The summed E-state index contributed by atoms with van der Waals surface area (Å²) in [7, 11) is 0. The van der Waals surface area contributed by atoms with E-state index >= 15 is 0 Å². The van der Waals surface area contributed by atoms with Crippen LogP contribution in [0, 0.1) is 17.2 Å². The number of nitriles is 1. The number of nitrogens with one attached hydrogen (secondary N) is 2. The highest BCUT2D eigenvalue weighted by atomic mass is 35.5. The standard InChI is InChI=1S/C17H20ClN3O4/c1-11(2)15(17(24)25-10-14(22)20-9-5-8-19)21-16(23)12-6-3-4-7-13(12)18/h3-4,6-7,11,15H,5,9-10H2,1-2H3,(H,20,22)(H,21,23)/t15-/m0/s1. The van der Waals surface area contributed by atoms with E-state index in [0.717, 1.165) is 0 Å². The highest BCUT2D eigenvalue weighted by Gasteiger charge is 2.27. The van der Waals surface area contributed by atoms with Gasteiger partial charge in [0.25, 0.3) is 11.8 Å². The molecule has 1 aromatic carbocycles. The Hall–Kier alpha value is -2.59. The zero-order chi connectivity index (χ0) is 18.8. The molecular formula is C17H20ClN3O4. The van der Waals surface area contributed by atoms with E-state index in [-0.39, 0.29) is 29.5 Å². The third-order valence-electron chi connectivity index (χ3n) is 3.23. The summed E-state index contributed by atoms with van der Waals surface area (Å²) in [5, 5.41) is 13.7. The highest BCUT2D eigenvalue weighted by Crippen LogP contribution is 2.15. The van der Waals surface area contributed by atoms with Crippen LogP contribution in [0.1, 0.15) is 30.6 Å². The van der Waals surface area contributed by atoms with E-state index < -0.39 is 30.4 Å². The van der Waals surface area contributed by atoms with Crippen molar-refractivity contribution in [1.29, 1.82) is 5.26 Å². The molecule has 0 bridgehead atoms. The predicted molar refractivity (Wildman–Crippen MR) is 91.7 cm³/mol. The third kappa shape index (κ3) is 6.81. The van der Waals surface area contributed by atoms with Gasteiger partial charge in [0.15, 0.2) is 6.61 Å². The van der Waals surface area contributed by atoms with Crippen molar-refractivity contribution in [2.75, 3.05) is 13.2 Å². The van der Waals surface area contributed by atoms with Crippen molar-refractivity contribution >= 4 is 29.4 Å². The fraction of sp³-hybridized carbons (Fsp3) is 0.412. The summed E-state index contributed by atoms with van der Waals surface area (Å²) in [6, 6.07) is 7.43. The van der Waals surface area contributed by atoms with E-state index in [2.05, 4.69) is 10.6 Å². The lowest BCUT2D eigenvalue weighted by molar-refractivity contribution is -0.151. The molecule has 1 atom stereocenters. The van der Waals surface area contributed by atoms with Crippen molar-refractivity contribution in [3.05, 3.63) is 34.9 Å². The van der Waals surface area contributed by atoms with Crippen molar-refractivity contribution < 1.29 is 19.1 Å². The van der Waals surface area contributed by atoms with Gasteiger partial charge in [-0.1, -0.05) is 37.6 Å². The van der Waals surface area contributed by atoms with Gasteiger partial charge in [0.1, 0.15) is 6.04 Å². The number of carbonyl (C=O) groups is 3. The molecule has 0 heterocycles. The number of nitrogens with zero attached hydrogens (tertiary/aromatic N) is 1. The Morgan fingerprint density at radius 1 is 1.28 bits per heavy atom. The van der Waals surface area contributed by atoms with E-state index in [1.54, 1.807) is 38.1 Å². The molecule has 0 aliphatic heterocycles. The van der Waals surface area contributed by atoms with Crippen molar-refractivity contribution in [3.8, 4) is 6.07 Å². The molecule has 7 nitrogen and oxygen atoms in total. The maximum absolute atomic E-state index is 12.3. The number of amides is 2. The summed E-state index contributed by atoms with van der Waals surface area (Å²) < 4.78 is 4.94. The Kier molecular flexibility index (Phi) is 8.44. The van der Waals surface area contributed by atoms with E-state index in [4.69, 9.17) is 21.6 Å². The minimum atomic E-state index is -0.921. The molecule has 25 heavy (non-hydrogen) atoms. The molecule has 2 amide bonds. The first-order chi connectivity index (χ1) is 11.9. The van der Waals surface area contributed by atoms with Gasteiger partial charge in [-0.05, 0) is 18.1 Å². The monoisotopic (exact) mass is 365 g/mol. The molecule has 0 radical (unpaired) electrons. The maximum atomic E-state index is 12.3. The molecule has 1 aromatic rings. The second-order valence-corrected chi connectivity index (χ2v) is 5.95. The second kappa shape index (κ2) is 10.3. The lowest BCUT2D eigenvalue weighted by Gasteiger charge is -2.21. The molecule has 134 valence electrons. The van der Waals surface area contributed by atoms with Gasteiger partial charge < -0.3 is 15.4 Å². The van der Waals surface area contributed by atoms with Crippen LogP contribution in [0.5, 0.6) is 0 Å². The zero-order valence-corrected chi connectivity index (χ0v) is 14.8. The minimum Gasteiger partial charge on any atom is -0.454 e. The number of benzene rings is 1. The molecule has 0 saturated heterocycles. The van der Waals surface area contributed by atoms with Crippen LogP contribution < -0.4 is 10.6 Å². The number of hydrogen-bond donors (Lipinski definition) is 2. The van der Waals surface area contributed by atoms with Crippen LogP contribution in [-0.4, -0.2) is 37.0 Å². The highest BCUT2D eigenvalue weighted by molar-refractivity contribution is 6.33. The number of carbonyl (C=O) groups excluding carboxylic acids is 3. The van der Waals surface area contributed by atoms with Gasteiger partial charge >= 0.3 is 5.97 Å². The van der Waals surface area contributed by atoms with Crippen molar-refractivity contribution in [2.45, 2.75) is 26.3 Å². The predicted octanol–water partition coefficient (Wildman–Crippen LogP) is 1.67. The topological polar surface area (TPSA) is 108 Å². The van der Waals surface area contributed by atoms with Crippen molar-refractivity contribution in [1.82, 2.24) is 10.6 Å². The molecule has 0 fully saturated rings. The van der Waals surface area contributed by atoms with E-state index in [1.807, 2.05) is 6.07 Å². The first-order valence-corrected chi connectivity index (χ1v) is 8.10. The van der Waals surface area contributed by atoms with Crippen LogP contribution in [0.15, 0.2) is 24.3 Å². The first-order valence-electron chi connectivity index (χ1n) is 7.72. The van der Waals surface area contributed by atoms with Crippen LogP contribution in [0.3, 0.4) is 0 Å². The molecule has 0 saturated carbocycles. The fourth-order valence-corrected chi connectivity index (χ4v) is 2.12. The average Bonchev–Trinajstić information content (AvgIpc) is 2.57. The molecular weight excluding hydrogens is 346 g/mol. The number of rotatable bonds is 8. The van der Waals surface area contributed by atoms with Crippen LogP contribution in [0.25, 0.3) is 0 Å². The normalized spacial score (nSPS) is 11.3. The third-order valence-corrected chi connectivity index (χ3v) is 3.56. The van der Waals surface area contributed by atoms with Gasteiger partial charge in [-0.25, -0.2) is 4.79 Å². The van der Waals surface area contributed by atoms with E-state index in [0.29, 0.717) is 0 Å².